The molecule has 1 saturated carbocycles. The molecule has 1 aliphatic carbocycles. The minimum absolute atomic E-state index is 0. The molecule has 0 N–H and O–H groups in total. The molecule has 1 fully saturated rings. The number of benzene rings is 1. The first-order valence-electron chi connectivity index (χ1n) is 6.70. The maximum absolute atomic E-state index is 3.49. The van der Waals surface area contributed by atoms with Crippen LogP contribution in [-0.4, -0.2) is 26.6 Å². The number of nitrogens with zero attached hydrogens (tertiary/aromatic N) is 1. The van der Waals surface area contributed by atoms with Crippen molar-refractivity contribution in [3.05, 3.63) is 30.3 Å². The number of hydrogen-bond donors (Lipinski definition) is 0. The van der Waals surface area contributed by atoms with Gasteiger partial charge in [0.1, 0.15) is 0 Å². The zero-order valence-corrected chi connectivity index (χ0v) is 17.1. The third-order valence-electron chi connectivity index (χ3n) is 2.75. The van der Waals surface area contributed by atoms with E-state index in [-0.39, 0.29) is 48.7 Å². The summed E-state index contributed by atoms with van der Waals surface area (Å²) in [7, 11) is 1.80. The fourth-order valence-corrected chi connectivity index (χ4v) is 2.38. The minimum atomic E-state index is 0. The largest absolute Gasteiger partial charge is 3.00 e. The Hall–Kier alpha value is 0.556. The van der Waals surface area contributed by atoms with E-state index >= 15 is 0 Å². The summed E-state index contributed by atoms with van der Waals surface area (Å²) in [6, 6.07) is 10.6. The summed E-state index contributed by atoms with van der Waals surface area (Å²) >= 11 is 0. The van der Waals surface area contributed by atoms with Gasteiger partial charge in [-0.25, -0.2) is 0 Å². The second kappa shape index (κ2) is 19.6. The first kappa shape index (κ1) is 25.5. The zero-order valence-electron chi connectivity index (χ0n) is 13.0. The van der Waals surface area contributed by atoms with Crippen LogP contribution in [0.5, 0.6) is 0 Å². The van der Waals surface area contributed by atoms with Crippen LogP contribution in [0.4, 0.5) is 0 Å². The smallest absolute Gasteiger partial charge is 1.00 e. The Morgan fingerprint density at radius 2 is 1.30 bits per heavy atom. The maximum atomic E-state index is 3.49. The first-order chi connectivity index (χ1) is 8.72. The molecule has 0 bridgehead atoms. The minimum Gasteiger partial charge on any atom is -1.00 e. The van der Waals surface area contributed by atoms with Crippen molar-refractivity contribution in [2.24, 2.45) is 4.99 Å². The molecule has 2 rings (SSSR count). The predicted octanol–water partition coefficient (Wildman–Crippen LogP) is 1.59. The van der Waals surface area contributed by atoms with Gasteiger partial charge in [-0.1, -0.05) is 70.4 Å². The van der Waals surface area contributed by atoms with E-state index in [0.29, 0.717) is 0 Å². The molecule has 0 amide bonds. The average molecular weight is 450 g/mol. The third-order valence-corrected chi connectivity index (χ3v) is 4.08. The molecule has 1 aromatic rings. The zero-order chi connectivity index (χ0) is 13.6. The second-order valence-corrected chi connectivity index (χ2v) is 6.75. The Kier molecular flexibility index (Phi) is 24.9. The van der Waals surface area contributed by atoms with Gasteiger partial charge in [0.2, 0.25) is 0 Å². The third kappa shape index (κ3) is 16.6. The Balaban J connectivity index is -0.000000228. The van der Waals surface area contributed by atoms with Gasteiger partial charge in [-0.05, 0) is 25.7 Å². The van der Waals surface area contributed by atoms with Gasteiger partial charge in [0.15, 0.2) is 0 Å². The van der Waals surface area contributed by atoms with Gasteiger partial charge in [0.05, 0.1) is 0 Å². The normalized spacial score (nSPS) is 12.4. The van der Waals surface area contributed by atoms with Gasteiger partial charge in [-0.2, -0.15) is 6.92 Å². The number of aliphatic imine (C=N–C) groups is 1. The van der Waals surface area contributed by atoms with Gasteiger partial charge in [-0.15, -0.1) is 0 Å². The van der Waals surface area contributed by atoms with Crippen LogP contribution in [0.25, 0.3) is 0 Å². The van der Waals surface area contributed by atoms with E-state index in [2.05, 4.69) is 54.9 Å². The summed E-state index contributed by atoms with van der Waals surface area (Å²) in [4.78, 5) is 3.49. The van der Waals surface area contributed by atoms with Gasteiger partial charge in [0.25, 0.3) is 0 Å². The molecule has 20 heavy (non-hydrogen) atoms. The van der Waals surface area contributed by atoms with E-state index in [0.717, 1.165) is 0 Å². The first-order valence-corrected chi connectivity index (χ1v) is 8.94. The van der Waals surface area contributed by atoms with Gasteiger partial charge in [0, 0.05) is 0 Å². The number of halogens is 1. The summed E-state index contributed by atoms with van der Waals surface area (Å²) in [5.74, 6) is 0. The van der Waals surface area contributed by atoms with E-state index in [9.17, 15) is 0 Å². The van der Waals surface area contributed by atoms with Crippen LogP contribution >= 0.6 is 7.92 Å². The van der Waals surface area contributed by atoms with Gasteiger partial charge >= 0.3 is 16.8 Å². The summed E-state index contributed by atoms with van der Waals surface area (Å²) < 4.78 is 0. The van der Waals surface area contributed by atoms with Crippen molar-refractivity contribution in [1.82, 2.24) is 0 Å². The molecule has 0 aliphatic heterocycles. The topological polar surface area (TPSA) is 12.4 Å². The van der Waals surface area contributed by atoms with Crippen molar-refractivity contribution in [2.75, 3.05) is 20.4 Å². The molecule has 1 aliphatic rings. The summed E-state index contributed by atoms with van der Waals surface area (Å²) in [5.41, 5.74) is 0. The van der Waals surface area contributed by atoms with E-state index in [4.69, 9.17) is 0 Å². The Labute approximate surface area is 154 Å². The van der Waals surface area contributed by atoms with Crippen LogP contribution in [0.1, 0.15) is 39.0 Å². The van der Waals surface area contributed by atoms with Crippen LogP contribution in [0, 0.1) is 0 Å². The van der Waals surface area contributed by atoms with E-state index in [1.165, 1.54) is 37.4 Å². The van der Waals surface area contributed by atoms with Crippen molar-refractivity contribution >= 4 is 19.4 Å². The monoisotopic (exact) mass is 450 g/mol. The molecule has 0 aromatic heterocycles. The summed E-state index contributed by atoms with van der Waals surface area (Å²) in [6.07, 6.45) is 10.1. The van der Waals surface area contributed by atoms with Crippen molar-refractivity contribution < 1.29 is 40.8 Å². The summed E-state index contributed by atoms with van der Waals surface area (Å²) in [5, 5.41) is 1.48. The molecule has 0 atom stereocenters. The molecule has 116 valence electrons. The molecule has 1 aromatic carbocycles. The molecule has 0 heterocycles. The van der Waals surface area contributed by atoms with E-state index in [1.54, 1.807) is 14.0 Å². The molecular formula is C16H27CoINP+. The van der Waals surface area contributed by atoms with E-state index < -0.39 is 0 Å². The molecule has 4 heteroatoms. The summed E-state index contributed by atoms with van der Waals surface area (Å²) in [6.45, 7) is 6.30. The van der Waals surface area contributed by atoms with Crippen molar-refractivity contribution in [1.29, 1.82) is 0 Å². The SMILES string of the molecule is C1CCCC1.CP(C)c1ccccc1.C[C-]=NC.[Co+3].[I-]. The fourth-order valence-electron chi connectivity index (χ4n) is 1.61. The van der Waals surface area contributed by atoms with Crippen molar-refractivity contribution in [3.8, 4) is 0 Å². The standard InChI is InChI=1S/C8H11P.C5H10.C3H6N.Co.HI/c1-9(2)8-6-4-3-5-7-8;1-2-4-5-3-1;1-3-4-2;;/h3-7H,1-2H3;1-5H2;1-2H3;;1H/q;;-1;+3;/p-1. The van der Waals surface area contributed by atoms with Crippen molar-refractivity contribution in [2.45, 2.75) is 39.0 Å². The molecule has 0 spiro atoms. The van der Waals surface area contributed by atoms with Crippen LogP contribution in [0.2, 0.25) is 0 Å². The fraction of sp³-hybridized carbons (Fsp3) is 0.562. The van der Waals surface area contributed by atoms with Crippen LogP contribution in [0.3, 0.4) is 0 Å². The van der Waals surface area contributed by atoms with Crippen LogP contribution in [-0.2, 0) is 16.8 Å². The average Bonchev–Trinajstić information content (AvgIpc) is 2.99. The van der Waals surface area contributed by atoms with Crippen molar-refractivity contribution in [3.63, 3.8) is 0 Å². The second-order valence-electron chi connectivity index (χ2n) is 4.44. The molecule has 0 saturated heterocycles. The van der Waals surface area contributed by atoms with Gasteiger partial charge in [-0.3, -0.25) is 0 Å². The molecular weight excluding hydrogens is 423 g/mol. The molecule has 0 radical (unpaired) electrons. The quantitative estimate of drug-likeness (QED) is 0.267. The Morgan fingerprint density at radius 1 is 0.950 bits per heavy atom. The van der Waals surface area contributed by atoms with Crippen LogP contribution in [0.15, 0.2) is 35.3 Å². The maximum Gasteiger partial charge on any atom is 3.00 e. The van der Waals surface area contributed by atoms with E-state index in [1.807, 2.05) is 0 Å². The molecule has 0 unspecified atom stereocenters. The Bertz CT molecular complexity index is 289. The Morgan fingerprint density at radius 3 is 1.50 bits per heavy atom. The van der Waals surface area contributed by atoms with Gasteiger partial charge < -0.3 is 35.2 Å². The van der Waals surface area contributed by atoms with Crippen LogP contribution < -0.4 is 29.3 Å². The number of hydrogen-bond acceptors (Lipinski definition) is 1. The number of rotatable bonds is 1. The molecule has 1 nitrogen and oxygen atoms in total. The predicted molar refractivity (Wildman–Crippen MR) is 87.0 cm³/mol.